The molecule has 0 bridgehead atoms. The average Bonchev–Trinajstić information content (AvgIpc) is 2.53. The first kappa shape index (κ1) is 10.5. The summed E-state index contributed by atoms with van der Waals surface area (Å²) in [5.74, 6) is 1.16. The Bertz CT molecular complexity index is 352. The van der Waals surface area contributed by atoms with Crippen LogP contribution in [0.1, 0.15) is 44.7 Å². The molecule has 0 atom stereocenters. The quantitative estimate of drug-likeness (QED) is 0.729. The van der Waals surface area contributed by atoms with Crippen molar-refractivity contribution in [2.45, 2.75) is 45.4 Å². The molecule has 0 saturated carbocycles. The smallest absolute Gasteiger partial charge is 0.126 e. The molecule has 1 aliphatic rings. The Morgan fingerprint density at radius 3 is 2.87 bits per heavy atom. The summed E-state index contributed by atoms with van der Waals surface area (Å²) in [6.45, 7) is 7.56. The van der Waals surface area contributed by atoms with Crippen LogP contribution in [0.5, 0.6) is 5.75 Å². The topological polar surface area (TPSA) is 9.23 Å². The SMILES string of the molecule is CCCCc1cccc2c1OCC2(C)C. The highest BCUT2D eigenvalue weighted by atomic mass is 16.5. The predicted octanol–water partition coefficient (Wildman–Crippen LogP) is 3.70. The molecule has 1 heteroatoms. The van der Waals surface area contributed by atoms with Crippen LogP contribution in [-0.4, -0.2) is 6.61 Å². The van der Waals surface area contributed by atoms with E-state index >= 15 is 0 Å². The lowest BCUT2D eigenvalue weighted by atomic mass is 9.86. The van der Waals surface area contributed by atoms with Crippen LogP contribution < -0.4 is 4.74 Å². The Labute approximate surface area is 92.5 Å². The second-order valence-electron chi connectivity index (χ2n) is 5.07. The van der Waals surface area contributed by atoms with Crippen molar-refractivity contribution in [1.82, 2.24) is 0 Å². The van der Waals surface area contributed by atoms with Crippen LogP contribution in [0, 0.1) is 0 Å². The summed E-state index contributed by atoms with van der Waals surface area (Å²) in [4.78, 5) is 0. The maximum absolute atomic E-state index is 5.84. The fourth-order valence-electron chi connectivity index (χ4n) is 2.18. The Morgan fingerprint density at radius 2 is 2.13 bits per heavy atom. The van der Waals surface area contributed by atoms with Crippen LogP contribution in [-0.2, 0) is 11.8 Å². The molecular weight excluding hydrogens is 184 g/mol. The summed E-state index contributed by atoms with van der Waals surface area (Å²) in [5.41, 5.74) is 2.97. The van der Waals surface area contributed by atoms with Gasteiger partial charge in [-0.15, -0.1) is 0 Å². The Kier molecular flexibility index (Phi) is 2.72. The van der Waals surface area contributed by atoms with E-state index in [4.69, 9.17) is 4.74 Å². The standard InChI is InChI=1S/C14H20O/c1-4-5-7-11-8-6-9-12-13(11)15-10-14(12,2)3/h6,8-9H,4-5,7,10H2,1-3H3. The molecule has 0 fully saturated rings. The zero-order valence-electron chi connectivity index (χ0n) is 9.97. The zero-order valence-corrected chi connectivity index (χ0v) is 9.97. The molecule has 0 spiro atoms. The number of benzene rings is 1. The third kappa shape index (κ3) is 1.88. The first-order chi connectivity index (χ1) is 7.15. The van der Waals surface area contributed by atoms with Crippen molar-refractivity contribution in [3.63, 3.8) is 0 Å². The van der Waals surface area contributed by atoms with Crippen molar-refractivity contribution < 1.29 is 4.74 Å². The van der Waals surface area contributed by atoms with Gasteiger partial charge < -0.3 is 4.74 Å². The summed E-state index contributed by atoms with van der Waals surface area (Å²) >= 11 is 0. The zero-order chi connectivity index (χ0) is 10.9. The van der Waals surface area contributed by atoms with E-state index in [1.165, 1.54) is 24.0 Å². The van der Waals surface area contributed by atoms with Crippen molar-refractivity contribution in [2.75, 3.05) is 6.61 Å². The van der Waals surface area contributed by atoms with E-state index in [0.717, 1.165) is 18.8 Å². The molecule has 1 heterocycles. The highest BCUT2D eigenvalue weighted by molar-refractivity contribution is 5.48. The summed E-state index contributed by atoms with van der Waals surface area (Å²) in [5, 5.41) is 0. The maximum atomic E-state index is 5.84. The molecule has 0 aliphatic carbocycles. The molecule has 0 aromatic heterocycles. The van der Waals surface area contributed by atoms with Crippen molar-refractivity contribution in [1.29, 1.82) is 0 Å². The fourth-order valence-corrected chi connectivity index (χ4v) is 2.18. The predicted molar refractivity (Wildman–Crippen MR) is 63.6 cm³/mol. The van der Waals surface area contributed by atoms with Crippen LogP contribution in [0.15, 0.2) is 18.2 Å². The van der Waals surface area contributed by atoms with E-state index in [1.54, 1.807) is 0 Å². The molecule has 0 radical (unpaired) electrons. The third-order valence-electron chi connectivity index (χ3n) is 3.20. The summed E-state index contributed by atoms with van der Waals surface area (Å²) in [7, 11) is 0. The lowest BCUT2D eigenvalue weighted by Crippen LogP contribution is -2.18. The van der Waals surface area contributed by atoms with E-state index in [1.807, 2.05) is 0 Å². The third-order valence-corrected chi connectivity index (χ3v) is 3.20. The number of hydrogen-bond donors (Lipinski definition) is 0. The second-order valence-corrected chi connectivity index (χ2v) is 5.07. The largest absolute Gasteiger partial charge is 0.492 e. The number of para-hydroxylation sites is 1. The van der Waals surface area contributed by atoms with Gasteiger partial charge in [0.05, 0.1) is 6.61 Å². The number of rotatable bonds is 3. The molecular formula is C14H20O. The van der Waals surface area contributed by atoms with Gasteiger partial charge in [0.1, 0.15) is 5.75 Å². The molecule has 15 heavy (non-hydrogen) atoms. The summed E-state index contributed by atoms with van der Waals surface area (Å²) < 4.78 is 5.84. The lowest BCUT2D eigenvalue weighted by molar-refractivity contribution is 0.289. The van der Waals surface area contributed by atoms with Crippen LogP contribution in [0.2, 0.25) is 0 Å². The molecule has 1 aliphatic heterocycles. The van der Waals surface area contributed by atoms with Gasteiger partial charge in [-0.1, -0.05) is 45.4 Å². The van der Waals surface area contributed by atoms with Gasteiger partial charge in [-0.2, -0.15) is 0 Å². The van der Waals surface area contributed by atoms with Gasteiger partial charge in [-0.3, -0.25) is 0 Å². The number of aryl methyl sites for hydroxylation is 1. The Balaban J connectivity index is 2.32. The minimum atomic E-state index is 0.192. The summed E-state index contributed by atoms with van der Waals surface area (Å²) in [6.07, 6.45) is 3.64. The highest BCUT2D eigenvalue weighted by Gasteiger charge is 2.32. The van der Waals surface area contributed by atoms with E-state index in [9.17, 15) is 0 Å². The van der Waals surface area contributed by atoms with Gasteiger partial charge in [0, 0.05) is 11.0 Å². The summed E-state index contributed by atoms with van der Waals surface area (Å²) in [6, 6.07) is 6.58. The minimum Gasteiger partial charge on any atom is -0.492 e. The van der Waals surface area contributed by atoms with E-state index < -0.39 is 0 Å². The second kappa shape index (κ2) is 3.88. The van der Waals surface area contributed by atoms with Crippen LogP contribution in [0.4, 0.5) is 0 Å². The first-order valence-electron chi connectivity index (χ1n) is 5.90. The average molecular weight is 204 g/mol. The molecule has 2 rings (SSSR count). The van der Waals surface area contributed by atoms with Crippen LogP contribution >= 0.6 is 0 Å². The van der Waals surface area contributed by atoms with Gasteiger partial charge in [-0.25, -0.2) is 0 Å². The van der Waals surface area contributed by atoms with Gasteiger partial charge in [-0.05, 0) is 18.4 Å². The molecule has 1 aromatic carbocycles. The Hall–Kier alpha value is -0.980. The maximum Gasteiger partial charge on any atom is 0.126 e. The van der Waals surface area contributed by atoms with Gasteiger partial charge in [0.25, 0.3) is 0 Å². The number of unbranched alkanes of at least 4 members (excludes halogenated alkanes) is 1. The minimum absolute atomic E-state index is 0.192. The van der Waals surface area contributed by atoms with E-state index in [2.05, 4.69) is 39.0 Å². The highest BCUT2D eigenvalue weighted by Crippen LogP contribution is 2.40. The number of ether oxygens (including phenoxy) is 1. The first-order valence-corrected chi connectivity index (χ1v) is 5.90. The van der Waals surface area contributed by atoms with Crippen molar-refractivity contribution >= 4 is 0 Å². The molecule has 1 nitrogen and oxygen atoms in total. The van der Waals surface area contributed by atoms with Crippen LogP contribution in [0.3, 0.4) is 0 Å². The lowest BCUT2D eigenvalue weighted by Gasteiger charge is -2.15. The molecule has 0 amide bonds. The molecule has 0 unspecified atom stereocenters. The molecule has 1 aromatic rings. The van der Waals surface area contributed by atoms with Gasteiger partial charge in [0.2, 0.25) is 0 Å². The van der Waals surface area contributed by atoms with Crippen molar-refractivity contribution in [3.05, 3.63) is 29.3 Å². The van der Waals surface area contributed by atoms with Crippen molar-refractivity contribution in [3.8, 4) is 5.75 Å². The van der Waals surface area contributed by atoms with Crippen molar-refractivity contribution in [2.24, 2.45) is 0 Å². The molecule has 0 N–H and O–H groups in total. The van der Waals surface area contributed by atoms with E-state index in [0.29, 0.717) is 0 Å². The van der Waals surface area contributed by atoms with Gasteiger partial charge >= 0.3 is 0 Å². The fraction of sp³-hybridized carbons (Fsp3) is 0.571. The number of hydrogen-bond acceptors (Lipinski definition) is 1. The molecule has 0 saturated heterocycles. The van der Waals surface area contributed by atoms with E-state index in [-0.39, 0.29) is 5.41 Å². The normalized spacial score (nSPS) is 17.3. The molecule has 82 valence electrons. The monoisotopic (exact) mass is 204 g/mol. The Morgan fingerprint density at radius 1 is 1.33 bits per heavy atom. The van der Waals surface area contributed by atoms with Crippen LogP contribution in [0.25, 0.3) is 0 Å². The number of fused-ring (bicyclic) bond motifs is 1. The van der Waals surface area contributed by atoms with Gasteiger partial charge in [0.15, 0.2) is 0 Å².